The highest BCUT2D eigenvalue weighted by Gasteiger charge is 2.44. The van der Waals surface area contributed by atoms with E-state index in [1.165, 1.54) is 6.92 Å². The van der Waals surface area contributed by atoms with Crippen LogP contribution in [0, 0.1) is 0 Å². The maximum atomic E-state index is 11.2. The van der Waals surface area contributed by atoms with Crippen molar-refractivity contribution in [2.45, 2.75) is 37.6 Å². The van der Waals surface area contributed by atoms with E-state index in [1.807, 2.05) is 18.2 Å². The van der Waals surface area contributed by atoms with Gasteiger partial charge in [0.2, 0.25) is 12.2 Å². The van der Waals surface area contributed by atoms with Gasteiger partial charge in [0.25, 0.3) is 0 Å². The summed E-state index contributed by atoms with van der Waals surface area (Å²) >= 11 is 0. The summed E-state index contributed by atoms with van der Waals surface area (Å²) in [5.74, 6) is 0.228. The van der Waals surface area contributed by atoms with Gasteiger partial charge in [0.05, 0.1) is 6.61 Å². The molecule has 0 aliphatic carbocycles. The van der Waals surface area contributed by atoms with Crippen LogP contribution < -0.4 is 10.1 Å². The third kappa shape index (κ3) is 4.49. The minimum absolute atomic E-state index is 0.152. The molecule has 1 heterocycles. The molecule has 5 atom stereocenters. The van der Waals surface area contributed by atoms with Crippen LogP contribution in [0.3, 0.4) is 0 Å². The fourth-order valence-electron chi connectivity index (χ4n) is 3.00. The van der Waals surface area contributed by atoms with Crippen LogP contribution in [0.4, 0.5) is 5.69 Å². The van der Waals surface area contributed by atoms with Crippen molar-refractivity contribution in [1.82, 2.24) is 0 Å². The molecule has 1 aliphatic heterocycles. The zero-order valence-corrected chi connectivity index (χ0v) is 15.2. The van der Waals surface area contributed by atoms with E-state index >= 15 is 0 Å². The largest absolute Gasteiger partial charge is 0.462 e. The Balaban J connectivity index is 1.72. The number of rotatable bonds is 5. The molecule has 0 radical (unpaired) electrons. The minimum atomic E-state index is -1.49. The summed E-state index contributed by atoms with van der Waals surface area (Å²) in [5.41, 5.74) is 2.46. The zero-order chi connectivity index (χ0) is 20.3. The molecule has 5 N–H and O–H groups in total. The number of ether oxygens (including phenoxy) is 2. The van der Waals surface area contributed by atoms with Gasteiger partial charge in [-0.15, -0.1) is 0 Å². The molecule has 150 valence electrons. The first-order chi connectivity index (χ1) is 13.4. The van der Waals surface area contributed by atoms with Gasteiger partial charge in [-0.25, -0.2) is 0 Å². The zero-order valence-electron chi connectivity index (χ0n) is 15.2. The van der Waals surface area contributed by atoms with Gasteiger partial charge in [-0.05, 0) is 35.4 Å². The van der Waals surface area contributed by atoms with Gasteiger partial charge in [0.15, 0.2) is 0 Å². The minimum Gasteiger partial charge on any atom is -0.462 e. The molecule has 8 heteroatoms. The number of aliphatic hydroxyl groups is 4. The van der Waals surface area contributed by atoms with Gasteiger partial charge < -0.3 is 35.2 Å². The van der Waals surface area contributed by atoms with Gasteiger partial charge in [0, 0.05) is 12.6 Å². The first-order valence-electron chi connectivity index (χ1n) is 8.84. The van der Waals surface area contributed by atoms with E-state index in [0.717, 1.165) is 11.1 Å². The fraction of sp³-hybridized carbons (Fsp3) is 0.350. The number of aliphatic hydroxyl groups excluding tert-OH is 4. The lowest BCUT2D eigenvalue weighted by Crippen LogP contribution is -2.60. The highest BCUT2D eigenvalue weighted by atomic mass is 16.7. The number of benzene rings is 2. The molecule has 0 bridgehead atoms. The van der Waals surface area contributed by atoms with Crippen LogP contribution in [0.1, 0.15) is 6.92 Å². The molecule has 2 aromatic rings. The molecule has 5 unspecified atom stereocenters. The van der Waals surface area contributed by atoms with Crippen LogP contribution in [0.5, 0.6) is 5.75 Å². The topological polar surface area (TPSA) is 128 Å². The number of hydrogen-bond donors (Lipinski definition) is 5. The molecule has 2 aromatic carbocycles. The maximum Gasteiger partial charge on any atom is 0.229 e. The SMILES string of the molecule is CC(=O)Nc1cccc(-c2ccc(OC3OC(CO)C(O)C(O)C3O)cc2)c1. The molecule has 28 heavy (non-hydrogen) atoms. The summed E-state index contributed by atoms with van der Waals surface area (Å²) in [4.78, 5) is 11.2. The summed E-state index contributed by atoms with van der Waals surface area (Å²) in [7, 11) is 0. The second-order valence-corrected chi connectivity index (χ2v) is 6.60. The highest BCUT2D eigenvalue weighted by Crippen LogP contribution is 2.28. The number of anilines is 1. The molecule has 3 rings (SSSR count). The van der Waals surface area contributed by atoms with E-state index in [1.54, 1.807) is 30.3 Å². The number of carbonyl (C=O) groups excluding carboxylic acids is 1. The first-order valence-corrected chi connectivity index (χ1v) is 8.84. The van der Waals surface area contributed by atoms with Crippen molar-refractivity contribution in [1.29, 1.82) is 0 Å². The third-order valence-electron chi connectivity index (χ3n) is 4.47. The number of amides is 1. The highest BCUT2D eigenvalue weighted by molar-refractivity contribution is 5.89. The van der Waals surface area contributed by atoms with Crippen molar-refractivity contribution in [3.05, 3.63) is 48.5 Å². The molecule has 0 aromatic heterocycles. The van der Waals surface area contributed by atoms with Crippen molar-refractivity contribution in [2.75, 3.05) is 11.9 Å². The summed E-state index contributed by atoms with van der Waals surface area (Å²) in [5, 5.41) is 41.6. The molecule has 0 saturated carbocycles. The number of carbonyl (C=O) groups is 1. The Labute approximate surface area is 162 Å². The van der Waals surface area contributed by atoms with Gasteiger partial charge in [0.1, 0.15) is 30.2 Å². The average Bonchev–Trinajstić information content (AvgIpc) is 2.68. The Morgan fingerprint density at radius 1 is 1.04 bits per heavy atom. The van der Waals surface area contributed by atoms with Crippen LogP contribution in [-0.2, 0) is 9.53 Å². The molecule has 8 nitrogen and oxygen atoms in total. The first kappa shape index (κ1) is 20.2. The number of hydrogen-bond acceptors (Lipinski definition) is 7. The van der Waals surface area contributed by atoms with E-state index in [2.05, 4.69) is 5.32 Å². The molecule has 1 amide bonds. The lowest BCUT2D eigenvalue weighted by molar-refractivity contribution is -0.277. The third-order valence-corrected chi connectivity index (χ3v) is 4.47. The Bertz CT molecular complexity index is 808. The van der Waals surface area contributed by atoms with Crippen LogP contribution in [0.25, 0.3) is 11.1 Å². The van der Waals surface area contributed by atoms with Gasteiger partial charge in [-0.2, -0.15) is 0 Å². The predicted octanol–water partition coefficient (Wildman–Crippen LogP) is 0.491. The molecule has 1 fully saturated rings. The van der Waals surface area contributed by atoms with E-state index < -0.39 is 37.3 Å². The lowest BCUT2D eigenvalue weighted by atomic mass is 9.99. The van der Waals surface area contributed by atoms with Gasteiger partial charge >= 0.3 is 0 Å². The van der Waals surface area contributed by atoms with E-state index in [9.17, 15) is 25.2 Å². The summed E-state index contributed by atoms with van der Waals surface area (Å²) in [6.45, 7) is 0.923. The molecular formula is C20H23NO7. The number of nitrogens with one attached hydrogen (secondary N) is 1. The molecule has 0 spiro atoms. The van der Waals surface area contributed by atoms with E-state index in [0.29, 0.717) is 11.4 Å². The lowest BCUT2D eigenvalue weighted by Gasteiger charge is -2.39. The Hall–Kier alpha value is -2.49. The van der Waals surface area contributed by atoms with Gasteiger partial charge in [-0.1, -0.05) is 24.3 Å². The molecular weight excluding hydrogens is 366 g/mol. The van der Waals surface area contributed by atoms with Crippen molar-refractivity contribution in [3.63, 3.8) is 0 Å². The standard InChI is InChI=1S/C20H23NO7/c1-11(23)21-14-4-2-3-13(9-14)12-5-7-15(8-6-12)27-20-19(26)18(25)17(24)16(10-22)28-20/h2-9,16-20,22,24-26H,10H2,1H3,(H,21,23). The fourth-order valence-corrected chi connectivity index (χ4v) is 3.00. The Morgan fingerprint density at radius 3 is 2.39 bits per heavy atom. The van der Waals surface area contributed by atoms with Crippen molar-refractivity contribution < 1.29 is 34.7 Å². The summed E-state index contributed by atoms with van der Waals surface area (Å²) < 4.78 is 10.9. The molecule has 1 saturated heterocycles. The van der Waals surface area contributed by atoms with Crippen LogP contribution >= 0.6 is 0 Å². The van der Waals surface area contributed by atoms with Crippen molar-refractivity contribution in [2.24, 2.45) is 0 Å². The average molecular weight is 389 g/mol. The quantitative estimate of drug-likeness (QED) is 0.503. The predicted molar refractivity (Wildman–Crippen MR) is 101 cm³/mol. The van der Waals surface area contributed by atoms with Crippen molar-refractivity contribution in [3.8, 4) is 16.9 Å². The van der Waals surface area contributed by atoms with Crippen LogP contribution in [-0.4, -0.2) is 63.6 Å². The van der Waals surface area contributed by atoms with Gasteiger partial charge in [-0.3, -0.25) is 4.79 Å². The molecule has 1 aliphatic rings. The van der Waals surface area contributed by atoms with E-state index in [-0.39, 0.29) is 5.91 Å². The van der Waals surface area contributed by atoms with Crippen LogP contribution in [0.15, 0.2) is 48.5 Å². The van der Waals surface area contributed by atoms with E-state index in [4.69, 9.17) is 9.47 Å². The second-order valence-electron chi connectivity index (χ2n) is 6.60. The second kappa shape index (κ2) is 8.68. The Kier molecular flexibility index (Phi) is 6.28. The summed E-state index contributed by atoms with van der Waals surface area (Å²) in [6, 6.07) is 14.3. The maximum absolute atomic E-state index is 11.2. The normalized spacial score (nSPS) is 27.2. The van der Waals surface area contributed by atoms with Crippen molar-refractivity contribution >= 4 is 11.6 Å². The summed E-state index contributed by atoms with van der Waals surface area (Å²) in [6.07, 6.45) is -6.65. The Morgan fingerprint density at radius 2 is 1.75 bits per heavy atom. The monoisotopic (exact) mass is 389 g/mol. The smallest absolute Gasteiger partial charge is 0.229 e. The van der Waals surface area contributed by atoms with Crippen LogP contribution in [0.2, 0.25) is 0 Å².